The molecule has 2 aromatic carbocycles. The highest BCUT2D eigenvalue weighted by Crippen LogP contribution is 2.11. The Bertz CT molecular complexity index is 1010. The molecule has 3 aromatic rings. The molecule has 7 nitrogen and oxygen atoms in total. The van der Waals surface area contributed by atoms with Crippen LogP contribution in [0.25, 0.3) is 10.9 Å². The number of fused-ring (bicyclic) bond motifs is 1. The second kappa shape index (κ2) is 7.04. The van der Waals surface area contributed by atoms with Crippen LogP contribution >= 0.6 is 0 Å². The Morgan fingerprint density at radius 3 is 2.72 bits per heavy atom. The Morgan fingerprint density at radius 1 is 1.12 bits per heavy atom. The standard InChI is InChI=1S/C18H16N4O3/c1-12(23)13-5-4-6-14(11-13)19-17(24)9-10-22-18(25)15-7-2-3-8-16(15)20-21-22/h2-8,11H,9-10H2,1H3,(H,19,24). The monoisotopic (exact) mass is 336 g/mol. The second-order valence-electron chi connectivity index (χ2n) is 5.57. The quantitative estimate of drug-likeness (QED) is 0.719. The molecule has 0 aliphatic rings. The minimum absolute atomic E-state index is 0.0667. The number of aromatic nitrogens is 3. The molecule has 0 aliphatic heterocycles. The summed E-state index contributed by atoms with van der Waals surface area (Å²) in [5.41, 5.74) is 1.30. The van der Waals surface area contributed by atoms with E-state index in [2.05, 4.69) is 15.6 Å². The predicted molar refractivity (Wildman–Crippen MR) is 93.5 cm³/mol. The molecular weight excluding hydrogens is 320 g/mol. The van der Waals surface area contributed by atoms with Crippen molar-refractivity contribution in [2.45, 2.75) is 19.9 Å². The Hall–Kier alpha value is -3.35. The highest BCUT2D eigenvalue weighted by Gasteiger charge is 2.09. The summed E-state index contributed by atoms with van der Waals surface area (Å²) in [5, 5.41) is 11.0. The molecule has 0 aliphatic carbocycles. The van der Waals surface area contributed by atoms with E-state index in [-0.39, 0.29) is 30.2 Å². The molecule has 0 saturated carbocycles. The average Bonchev–Trinajstić information content (AvgIpc) is 2.61. The van der Waals surface area contributed by atoms with Crippen LogP contribution in [0.15, 0.2) is 53.3 Å². The topological polar surface area (TPSA) is 93.9 Å². The van der Waals surface area contributed by atoms with E-state index in [1.807, 2.05) is 0 Å². The maximum absolute atomic E-state index is 12.3. The Balaban J connectivity index is 1.68. The number of aryl methyl sites for hydroxylation is 1. The number of hydrogen-bond acceptors (Lipinski definition) is 5. The minimum Gasteiger partial charge on any atom is -0.326 e. The van der Waals surface area contributed by atoms with Gasteiger partial charge in [0.2, 0.25) is 5.91 Å². The van der Waals surface area contributed by atoms with Gasteiger partial charge in [-0.1, -0.05) is 29.5 Å². The summed E-state index contributed by atoms with van der Waals surface area (Å²) in [4.78, 5) is 35.8. The SMILES string of the molecule is CC(=O)c1cccc(NC(=O)CCn2nnc3ccccc3c2=O)c1. The number of amides is 1. The fourth-order valence-electron chi connectivity index (χ4n) is 2.42. The van der Waals surface area contributed by atoms with E-state index >= 15 is 0 Å². The van der Waals surface area contributed by atoms with Crippen LogP contribution in [0, 0.1) is 0 Å². The first-order valence-corrected chi connectivity index (χ1v) is 7.78. The van der Waals surface area contributed by atoms with Crippen molar-refractivity contribution in [3.05, 3.63) is 64.4 Å². The molecule has 0 radical (unpaired) electrons. The predicted octanol–water partition coefficient (Wildman–Crippen LogP) is 2.02. The smallest absolute Gasteiger partial charge is 0.277 e. The van der Waals surface area contributed by atoms with Crippen LogP contribution in [0.3, 0.4) is 0 Å². The van der Waals surface area contributed by atoms with Gasteiger partial charge in [-0.3, -0.25) is 14.4 Å². The summed E-state index contributed by atoms with van der Waals surface area (Å²) in [5.74, 6) is -0.350. The van der Waals surface area contributed by atoms with Gasteiger partial charge >= 0.3 is 0 Å². The lowest BCUT2D eigenvalue weighted by atomic mass is 10.1. The number of carbonyl (C=O) groups is 2. The van der Waals surface area contributed by atoms with Gasteiger partial charge in [0.05, 0.1) is 11.9 Å². The average molecular weight is 336 g/mol. The van der Waals surface area contributed by atoms with E-state index in [1.54, 1.807) is 48.5 Å². The van der Waals surface area contributed by atoms with Gasteiger partial charge in [-0.25, -0.2) is 4.68 Å². The van der Waals surface area contributed by atoms with Crippen LogP contribution in [0.4, 0.5) is 5.69 Å². The van der Waals surface area contributed by atoms with E-state index in [4.69, 9.17) is 0 Å². The van der Waals surface area contributed by atoms with Crippen molar-refractivity contribution in [1.29, 1.82) is 0 Å². The number of ketones is 1. The molecule has 0 bridgehead atoms. The molecule has 126 valence electrons. The Morgan fingerprint density at radius 2 is 1.92 bits per heavy atom. The lowest BCUT2D eigenvalue weighted by Crippen LogP contribution is -2.26. The third kappa shape index (κ3) is 3.77. The minimum atomic E-state index is -0.281. The molecule has 0 atom stereocenters. The maximum atomic E-state index is 12.3. The lowest BCUT2D eigenvalue weighted by Gasteiger charge is -2.07. The van der Waals surface area contributed by atoms with Gasteiger partial charge in [0.15, 0.2) is 5.78 Å². The summed E-state index contributed by atoms with van der Waals surface area (Å²) in [6.45, 7) is 1.58. The van der Waals surface area contributed by atoms with E-state index in [1.165, 1.54) is 11.6 Å². The van der Waals surface area contributed by atoms with Crippen LogP contribution < -0.4 is 10.9 Å². The molecule has 1 N–H and O–H groups in total. The molecule has 1 aromatic heterocycles. The van der Waals surface area contributed by atoms with Gasteiger partial charge in [0.25, 0.3) is 5.56 Å². The van der Waals surface area contributed by atoms with Gasteiger partial charge < -0.3 is 5.32 Å². The fraction of sp³-hybridized carbons (Fsp3) is 0.167. The molecule has 0 saturated heterocycles. The van der Waals surface area contributed by atoms with Gasteiger partial charge in [0, 0.05) is 17.7 Å². The molecule has 25 heavy (non-hydrogen) atoms. The third-order valence-corrected chi connectivity index (χ3v) is 3.73. The lowest BCUT2D eigenvalue weighted by molar-refractivity contribution is -0.116. The number of rotatable bonds is 5. The molecule has 7 heteroatoms. The number of benzene rings is 2. The zero-order chi connectivity index (χ0) is 17.8. The van der Waals surface area contributed by atoms with Crippen LogP contribution in [0.1, 0.15) is 23.7 Å². The molecule has 3 rings (SSSR count). The van der Waals surface area contributed by atoms with Crippen LogP contribution in [0.2, 0.25) is 0 Å². The fourth-order valence-corrected chi connectivity index (χ4v) is 2.42. The zero-order valence-electron chi connectivity index (χ0n) is 13.6. The first-order chi connectivity index (χ1) is 12.0. The van der Waals surface area contributed by atoms with E-state index < -0.39 is 0 Å². The molecule has 0 spiro atoms. The van der Waals surface area contributed by atoms with Crippen molar-refractivity contribution in [1.82, 2.24) is 15.0 Å². The first kappa shape index (κ1) is 16.5. The van der Waals surface area contributed by atoms with Crippen molar-refractivity contribution < 1.29 is 9.59 Å². The number of nitrogens with one attached hydrogen (secondary N) is 1. The Kier molecular flexibility index (Phi) is 4.65. The molecule has 0 fully saturated rings. The maximum Gasteiger partial charge on any atom is 0.277 e. The van der Waals surface area contributed by atoms with E-state index in [0.29, 0.717) is 22.2 Å². The largest absolute Gasteiger partial charge is 0.326 e. The summed E-state index contributed by atoms with van der Waals surface area (Å²) in [6.07, 6.45) is 0.0667. The van der Waals surface area contributed by atoms with Crippen molar-refractivity contribution in [3.63, 3.8) is 0 Å². The molecule has 0 unspecified atom stereocenters. The van der Waals surface area contributed by atoms with Gasteiger partial charge in [-0.05, 0) is 31.2 Å². The van der Waals surface area contributed by atoms with Crippen molar-refractivity contribution in [3.8, 4) is 0 Å². The zero-order valence-corrected chi connectivity index (χ0v) is 13.6. The number of nitrogens with zero attached hydrogens (tertiary/aromatic N) is 3. The van der Waals surface area contributed by atoms with Crippen molar-refractivity contribution in [2.75, 3.05) is 5.32 Å². The van der Waals surface area contributed by atoms with Crippen LogP contribution in [-0.2, 0) is 11.3 Å². The summed E-state index contributed by atoms with van der Waals surface area (Å²) in [6, 6.07) is 13.6. The highest BCUT2D eigenvalue weighted by molar-refractivity contribution is 5.97. The first-order valence-electron chi connectivity index (χ1n) is 7.78. The summed E-state index contributed by atoms with van der Waals surface area (Å²) in [7, 11) is 0. The van der Waals surface area contributed by atoms with Gasteiger partial charge in [-0.15, -0.1) is 5.10 Å². The number of Topliss-reactive ketones (excluding diaryl/α,β-unsaturated/α-hetero) is 1. The van der Waals surface area contributed by atoms with Crippen LogP contribution in [-0.4, -0.2) is 26.7 Å². The van der Waals surface area contributed by atoms with Gasteiger partial charge in [-0.2, -0.15) is 0 Å². The number of hydrogen-bond donors (Lipinski definition) is 1. The third-order valence-electron chi connectivity index (χ3n) is 3.73. The van der Waals surface area contributed by atoms with Crippen molar-refractivity contribution >= 4 is 28.3 Å². The number of anilines is 1. The molecule has 1 amide bonds. The molecule has 1 heterocycles. The summed E-state index contributed by atoms with van der Waals surface area (Å²) < 4.78 is 1.17. The van der Waals surface area contributed by atoms with Gasteiger partial charge in [0.1, 0.15) is 5.52 Å². The highest BCUT2D eigenvalue weighted by atomic mass is 16.2. The van der Waals surface area contributed by atoms with E-state index in [9.17, 15) is 14.4 Å². The number of carbonyl (C=O) groups excluding carboxylic acids is 2. The second-order valence-corrected chi connectivity index (χ2v) is 5.57. The van der Waals surface area contributed by atoms with Crippen LogP contribution in [0.5, 0.6) is 0 Å². The van der Waals surface area contributed by atoms with Crippen molar-refractivity contribution in [2.24, 2.45) is 0 Å². The summed E-state index contributed by atoms with van der Waals surface area (Å²) >= 11 is 0. The normalized spacial score (nSPS) is 10.6. The molecular formula is C18H16N4O3. The van der Waals surface area contributed by atoms with E-state index in [0.717, 1.165) is 0 Å². The Labute approximate surface area is 143 Å².